The quantitative estimate of drug-likeness (QED) is 0.446. The van der Waals surface area contributed by atoms with Gasteiger partial charge in [-0.3, -0.25) is 23.6 Å². The van der Waals surface area contributed by atoms with Gasteiger partial charge < -0.3 is 5.32 Å². The molecule has 8 heteroatoms. The zero-order valence-corrected chi connectivity index (χ0v) is 20.7. The van der Waals surface area contributed by atoms with E-state index in [0.29, 0.717) is 27.9 Å². The fraction of sp³-hybridized carbons (Fsp3) is 0.172. The number of benzene rings is 2. The van der Waals surface area contributed by atoms with Crippen molar-refractivity contribution in [2.45, 2.75) is 19.9 Å². The molecule has 1 saturated heterocycles. The Hall–Kier alpha value is -4.72. The average Bonchev–Trinajstić information content (AvgIpc) is 3.31. The topological polar surface area (TPSA) is 90.9 Å². The predicted molar refractivity (Wildman–Crippen MR) is 143 cm³/mol. The minimum Gasteiger partial charge on any atom is -0.345 e. The molecule has 2 unspecified atom stereocenters. The van der Waals surface area contributed by atoms with Crippen LogP contribution < -0.4 is 16.4 Å². The third-order valence-corrected chi connectivity index (χ3v) is 7.15. The first-order valence-corrected chi connectivity index (χ1v) is 12.1. The Morgan fingerprint density at radius 2 is 1.68 bits per heavy atom. The van der Waals surface area contributed by atoms with Gasteiger partial charge in [0.1, 0.15) is 11.5 Å². The van der Waals surface area contributed by atoms with Gasteiger partial charge in [-0.25, -0.2) is 9.67 Å². The van der Waals surface area contributed by atoms with E-state index in [0.717, 1.165) is 5.57 Å². The summed E-state index contributed by atoms with van der Waals surface area (Å²) in [5.41, 5.74) is 2.81. The van der Waals surface area contributed by atoms with Gasteiger partial charge in [-0.1, -0.05) is 54.1 Å². The molecule has 1 aliphatic heterocycles. The number of nitrogens with zero attached hydrogens (tertiary/aromatic N) is 4. The number of amides is 1. The van der Waals surface area contributed by atoms with Crippen LogP contribution in [-0.4, -0.2) is 30.9 Å². The number of hydrogen-bond acceptors (Lipinski definition) is 4. The van der Waals surface area contributed by atoms with Gasteiger partial charge in [-0.15, -0.1) is 0 Å². The van der Waals surface area contributed by atoms with Crippen LogP contribution in [-0.2, 0) is 11.8 Å². The first-order chi connectivity index (χ1) is 17.8. The van der Waals surface area contributed by atoms with Crippen LogP contribution in [0.25, 0.3) is 28.4 Å². The van der Waals surface area contributed by atoms with Crippen LogP contribution in [0, 0.1) is 12.8 Å². The summed E-state index contributed by atoms with van der Waals surface area (Å²) in [6.45, 7) is 3.78. The largest absolute Gasteiger partial charge is 0.345 e. The lowest BCUT2D eigenvalue weighted by Crippen LogP contribution is -2.29. The predicted octanol–water partition coefficient (Wildman–Crippen LogP) is 3.20. The molecule has 2 atom stereocenters. The molecule has 4 aromatic rings. The number of para-hydroxylation sites is 2. The van der Waals surface area contributed by atoms with Crippen molar-refractivity contribution >= 4 is 22.9 Å². The van der Waals surface area contributed by atoms with Crippen molar-refractivity contribution < 1.29 is 4.79 Å². The summed E-state index contributed by atoms with van der Waals surface area (Å²) in [7, 11) is 1.78. The minimum absolute atomic E-state index is 0.156. The smallest absolute Gasteiger partial charge is 0.296 e. The lowest BCUT2D eigenvalue weighted by Gasteiger charge is -2.17. The zero-order valence-electron chi connectivity index (χ0n) is 20.7. The number of carbonyl (C=O) groups excluding carboxylic acids is 1. The minimum atomic E-state index is -0.367. The Bertz CT molecular complexity index is 1800. The van der Waals surface area contributed by atoms with Gasteiger partial charge >= 0.3 is 0 Å². The van der Waals surface area contributed by atoms with Gasteiger partial charge in [-0.05, 0) is 44.2 Å². The van der Waals surface area contributed by atoms with Gasteiger partial charge in [0.15, 0.2) is 0 Å². The summed E-state index contributed by atoms with van der Waals surface area (Å²) in [6.07, 6.45) is 7.64. The monoisotopic (exact) mass is 491 g/mol. The van der Waals surface area contributed by atoms with E-state index in [9.17, 15) is 14.4 Å². The molecule has 3 heterocycles. The van der Waals surface area contributed by atoms with Gasteiger partial charge in [0, 0.05) is 18.5 Å². The molecule has 0 spiro atoms. The Morgan fingerprint density at radius 3 is 2.46 bits per heavy atom. The molecule has 6 rings (SSSR count). The van der Waals surface area contributed by atoms with Crippen molar-refractivity contribution in [1.82, 2.24) is 24.2 Å². The molecule has 1 amide bonds. The molecule has 8 nitrogen and oxygen atoms in total. The van der Waals surface area contributed by atoms with Crippen molar-refractivity contribution in [3.63, 3.8) is 0 Å². The maximum absolute atomic E-state index is 13.9. The van der Waals surface area contributed by atoms with Crippen molar-refractivity contribution in [1.29, 1.82) is 0 Å². The molecule has 0 bridgehead atoms. The third kappa shape index (κ3) is 3.52. The number of carbonyl (C=O) groups is 1. The molecule has 1 aliphatic carbocycles. The molecular weight excluding hydrogens is 466 g/mol. The van der Waals surface area contributed by atoms with Gasteiger partial charge in [0.05, 0.1) is 28.3 Å². The van der Waals surface area contributed by atoms with E-state index in [1.54, 1.807) is 42.9 Å². The molecule has 2 aromatic heterocycles. The van der Waals surface area contributed by atoms with Crippen molar-refractivity contribution in [3.8, 4) is 11.4 Å². The zero-order chi connectivity index (χ0) is 25.8. The first kappa shape index (κ1) is 22.7. The highest BCUT2D eigenvalue weighted by Gasteiger charge is 2.36. The SMILES string of the molecule is CC1=CC2C(=Cc3nc4ccccc4c(=O)n3-c3c(C)n(C)n(-c4ccccc4)c3=O)C(=O)NC2C=C1. The number of nitrogens with one attached hydrogen (secondary N) is 1. The molecule has 184 valence electrons. The molecule has 0 saturated carbocycles. The van der Waals surface area contributed by atoms with Crippen molar-refractivity contribution in [2.75, 3.05) is 0 Å². The normalized spacial score (nSPS) is 19.8. The summed E-state index contributed by atoms with van der Waals surface area (Å²) in [4.78, 5) is 45.5. The Labute approximate surface area is 212 Å². The van der Waals surface area contributed by atoms with E-state index in [2.05, 4.69) is 5.32 Å². The summed E-state index contributed by atoms with van der Waals surface area (Å²) in [5.74, 6) is -0.167. The lowest BCUT2D eigenvalue weighted by atomic mass is 9.89. The van der Waals surface area contributed by atoms with Crippen LogP contribution in [0.2, 0.25) is 0 Å². The van der Waals surface area contributed by atoms with Crippen LogP contribution >= 0.6 is 0 Å². The van der Waals surface area contributed by atoms with Crippen LogP contribution in [0.1, 0.15) is 18.4 Å². The Balaban J connectivity index is 1.66. The van der Waals surface area contributed by atoms with E-state index >= 15 is 0 Å². The molecule has 2 aliphatic rings. The van der Waals surface area contributed by atoms with Crippen LogP contribution in [0.15, 0.2) is 93.6 Å². The van der Waals surface area contributed by atoms with Gasteiger partial charge in [0.2, 0.25) is 5.91 Å². The highest BCUT2D eigenvalue weighted by atomic mass is 16.2. The number of aromatic nitrogens is 4. The second-order valence-corrected chi connectivity index (χ2v) is 9.43. The Morgan fingerprint density at radius 1 is 0.946 bits per heavy atom. The standard InChI is InChI=1S/C29H25N5O3/c1-17-13-14-24-21(15-17)22(27(35)31-24)16-25-30-23-12-8-7-11-20(23)28(36)33(25)26-18(2)32(3)34(29(26)37)19-9-5-4-6-10-19/h4-16,21,24H,1-3H3,(H,31,35). The fourth-order valence-corrected chi connectivity index (χ4v) is 5.20. The summed E-state index contributed by atoms with van der Waals surface area (Å²) in [5, 5.41) is 3.38. The molecule has 2 aromatic carbocycles. The first-order valence-electron chi connectivity index (χ1n) is 12.1. The highest BCUT2D eigenvalue weighted by Crippen LogP contribution is 2.31. The molecule has 1 N–H and O–H groups in total. The number of hydrogen-bond donors (Lipinski definition) is 1. The number of allylic oxidation sites excluding steroid dienone is 2. The number of fused-ring (bicyclic) bond motifs is 2. The van der Waals surface area contributed by atoms with Gasteiger partial charge in [0.25, 0.3) is 11.1 Å². The summed E-state index contributed by atoms with van der Waals surface area (Å²) < 4.78 is 4.60. The summed E-state index contributed by atoms with van der Waals surface area (Å²) in [6, 6.07) is 16.1. The maximum Gasteiger partial charge on any atom is 0.296 e. The van der Waals surface area contributed by atoms with E-state index < -0.39 is 0 Å². The third-order valence-electron chi connectivity index (χ3n) is 7.15. The van der Waals surface area contributed by atoms with E-state index in [-0.39, 0.29) is 40.5 Å². The van der Waals surface area contributed by atoms with Crippen molar-refractivity contribution in [3.05, 3.63) is 116 Å². The second kappa shape index (κ2) is 8.44. The second-order valence-electron chi connectivity index (χ2n) is 9.43. The van der Waals surface area contributed by atoms with E-state index in [1.165, 1.54) is 9.25 Å². The van der Waals surface area contributed by atoms with E-state index in [1.807, 2.05) is 61.5 Å². The van der Waals surface area contributed by atoms with Crippen LogP contribution in [0.3, 0.4) is 0 Å². The number of rotatable bonds is 3. The Kier molecular flexibility index (Phi) is 5.19. The maximum atomic E-state index is 13.9. The van der Waals surface area contributed by atoms with E-state index in [4.69, 9.17) is 4.98 Å². The highest BCUT2D eigenvalue weighted by molar-refractivity contribution is 6.02. The molecule has 37 heavy (non-hydrogen) atoms. The molecular formula is C29H25N5O3. The van der Waals surface area contributed by atoms with Crippen LogP contribution in [0.5, 0.6) is 0 Å². The van der Waals surface area contributed by atoms with Crippen molar-refractivity contribution in [2.24, 2.45) is 13.0 Å². The average molecular weight is 492 g/mol. The fourth-order valence-electron chi connectivity index (χ4n) is 5.20. The lowest BCUT2D eigenvalue weighted by molar-refractivity contribution is -0.116. The summed E-state index contributed by atoms with van der Waals surface area (Å²) >= 11 is 0. The van der Waals surface area contributed by atoms with Gasteiger partial charge in [-0.2, -0.15) is 0 Å². The molecule has 0 radical (unpaired) electrons. The van der Waals surface area contributed by atoms with Crippen LogP contribution in [0.4, 0.5) is 0 Å². The molecule has 1 fully saturated rings.